The molecule has 3 aromatic carbocycles. The molecule has 1 heterocycles. The van der Waals surface area contributed by atoms with Gasteiger partial charge in [0.05, 0.1) is 5.56 Å². The highest BCUT2D eigenvalue weighted by molar-refractivity contribution is 6.12. The monoisotopic (exact) mass is 500 g/mol. The van der Waals surface area contributed by atoms with Crippen molar-refractivity contribution in [2.45, 2.75) is 25.8 Å². The summed E-state index contributed by atoms with van der Waals surface area (Å²) in [6.45, 7) is 1.91. The van der Waals surface area contributed by atoms with Crippen LogP contribution in [0.5, 0.6) is 0 Å². The molecule has 4 N–H and O–H groups in total. The number of carbonyl (C=O) groups excluding carboxylic acids is 3. The molecular weight excluding hydrogens is 475 g/mol. The van der Waals surface area contributed by atoms with Crippen molar-refractivity contribution >= 4 is 28.8 Å². The van der Waals surface area contributed by atoms with Crippen LogP contribution < -0.4 is 16.6 Å². The van der Waals surface area contributed by atoms with Crippen molar-refractivity contribution in [1.82, 2.24) is 15.6 Å². The number of nitrogens with one attached hydrogen (secondary N) is 2. The first kappa shape index (κ1) is 24.2. The number of hydrogen-bond donors (Lipinski definition) is 3. The number of nitrogens with two attached hydrogens (primary N) is 1. The molecule has 1 fully saturated rings. The largest absolute Gasteiger partial charge is 0.455 e. The van der Waals surface area contributed by atoms with Crippen molar-refractivity contribution in [3.63, 3.8) is 0 Å². The highest BCUT2D eigenvalue weighted by Crippen LogP contribution is 2.37. The first-order valence-corrected chi connectivity index (χ1v) is 11.8. The van der Waals surface area contributed by atoms with Crippen molar-refractivity contribution in [2.24, 2.45) is 5.84 Å². The second kappa shape index (κ2) is 9.51. The number of hydrazine groups is 1. The summed E-state index contributed by atoms with van der Waals surface area (Å²) in [7, 11) is 1.53. The lowest BCUT2D eigenvalue weighted by Gasteiger charge is -2.20. The summed E-state index contributed by atoms with van der Waals surface area (Å²) in [6.07, 6.45) is 1.49. The highest BCUT2D eigenvalue weighted by Gasteiger charge is 2.37. The zero-order valence-corrected chi connectivity index (χ0v) is 20.3. The summed E-state index contributed by atoms with van der Waals surface area (Å²) in [4.78, 5) is 39.5. The van der Waals surface area contributed by atoms with Gasteiger partial charge in [-0.05, 0) is 85.0 Å². The first-order chi connectivity index (χ1) is 17.8. The van der Waals surface area contributed by atoms with Gasteiger partial charge in [-0.2, -0.15) is 0 Å². The molecule has 0 unspecified atom stereocenters. The smallest absolute Gasteiger partial charge is 0.338 e. The van der Waals surface area contributed by atoms with Gasteiger partial charge in [-0.1, -0.05) is 12.1 Å². The van der Waals surface area contributed by atoms with Crippen LogP contribution in [-0.2, 0) is 0 Å². The normalized spacial score (nSPS) is 12.9. The molecule has 1 aliphatic rings. The SMILES string of the molecule is CNC(=O)c1c(-c2ccc(F)cc2)oc2ccc(-c3cc(C(=O)N(C(=O)NN)C4CC4)ccc3C)cc12. The van der Waals surface area contributed by atoms with Gasteiger partial charge in [0.25, 0.3) is 11.8 Å². The van der Waals surface area contributed by atoms with Crippen molar-refractivity contribution in [1.29, 1.82) is 0 Å². The first-order valence-electron chi connectivity index (χ1n) is 11.8. The molecule has 5 rings (SSSR count). The van der Waals surface area contributed by atoms with E-state index in [0.29, 0.717) is 33.4 Å². The maximum Gasteiger partial charge on any atom is 0.338 e. The van der Waals surface area contributed by atoms with E-state index in [-0.39, 0.29) is 11.9 Å². The van der Waals surface area contributed by atoms with Crippen LogP contribution in [0.1, 0.15) is 39.1 Å². The fourth-order valence-corrected chi connectivity index (χ4v) is 4.45. The fraction of sp³-hybridized carbons (Fsp3) is 0.179. The number of amides is 4. The van der Waals surface area contributed by atoms with E-state index in [1.165, 1.54) is 19.2 Å². The summed E-state index contributed by atoms with van der Waals surface area (Å²) in [6, 6.07) is 15.6. The summed E-state index contributed by atoms with van der Waals surface area (Å²) in [5.74, 6) is 4.47. The fourth-order valence-electron chi connectivity index (χ4n) is 4.45. The second-order valence-electron chi connectivity index (χ2n) is 8.99. The Morgan fingerprint density at radius 2 is 1.70 bits per heavy atom. The number of furan rings is 1. The van der Waals surface area contributed by atoms with E-state index < -0.39 is 17.8 Å². The van der Waals surface area contributed by atoms with E-state index in [0.717, 1.165) is 34.4 Å². The Morgan fingerprint density at radius 3 is 2.35 bits per heavy atom. The molecule has 0 saturated heterocycles. The summed E-state index contributed by atoms with van der Waals surface area (Å²) < 4.78 is 19.5. The van der Waals surface area contributed by atoms with Crippen LogP contribution in [0.3, 0.4) is 0 Å². The van der Waals surface area contributed by atoms with E-state index in [1.807, 2.05) is 25.1 Å². The number of nitrogens with zero attached hydrogens (tertiary/aromatic N) is 1. The van der Waals surface area contributed by atoms with E-state index in [1.54, 1.807) is 30.3 Å². The van der Waals surface area contributed by atoms with Crippen LogP contribution in [0.15, 0.2) is 65.1 Å². The number of benzene rings is 3. The molecule has 0 aliphatic heterocycles. The third kappa shape index (κ3) is 4.45. The third-order valence-electron chi connectivity index (χ3n) is 6.52. The Morgan fingerprint density at radius 1 is 1.00 bits per heavy atom. The van der Waals surface area contributed by atoms with Gasteiger partial charge < -0.3 is 9.73 Å². The number of hydrogen-bond acceptors (Lipinski definition) is 5. The van der Waals surface area contributed by atoms with E-state index in [2.05, 4.69) is 10.7 Å². The average molecular weight is 501 g/mol. The van der Waals surface area contributed by atoms with Crippen molar-refractivity contribution < 1.29 is 23.2 Å². The van der Waals surface area contributed by atoms with Crippen LogP contribution in [0.2, 0.25) is 0 Å². The Kier molecular flexibility index (Phi) is 6.22. The lowest BCUT2D eigenvalue weighted by atomic mass is 9.95. The zero-order valence-electron chi connectivity index (χ0n) is 20.3. The number of imide groups is 1. The van der Waals surface area contributed by atoms with E-state index in [9.17, 15) is 18.8 Å². The molecule has 0 bridgehead atoms. The molecule has 1 aliphatic carbocycles. The van der Waals surface area contributed by atoms with Crippen LogP contribution >= 0.6 is 0 Å². The second-order valence-corrected chi connectivity index (χ2v) is 8.99. The number of halogens is 1. The van der Waals surface area contributed by atoms with Gasteiger partial charge in [0, 0.05) is 29.6 Å². The van der Waals surface area contributed by atoms with Gasteiger partial charge in [0.1, 0.15) is 17.2 Å². The van der Waals surface area contributed by atoms with Crippen LogP contribution in [0.25, 0.3) is 33.4 Å². The molecule has 9 heteroatoms. The van der Waals surface area contributed by atoms with Crippen molar-refractivity contribution in [3.05, 3.63) is 83.2 Å². The number of carbonyl (C=O) groups is 3. The molecule has 0 spiro atoms. The molecular formula is C28H25FN4O4. The van der Waals surface area contributed by atoms with Crippen molar-refractivity contribution in [3.8, 4) is 22.5 Å². The Balaban J connectivity index is 1.61. The van der Waals surface area contributed by atoms with Crippen LogP contribution in [0.4, 0.5) is 9.18 Å². The molecule has 1 saturated carbocycles. The van der Waals surface area contributed by atoms with Gasteiger partial charge >= 0.3 is 6.03 Å². The topological polar surface area (TPSA) is 118 Å². The molecule has 4 aromatic rings. The van der Waals surface area contributed by atoms with Gasteiger partial charge in [0.2, 0.25) is 0 Å². The molecule has 8 nitrogen and oxygen atoms in total. The van der Waals surface area contributed by atoms with Gasteiger partial charge in [-0.25, -0.2) is 15.0 Å². The van der Waals surface area contributed by atoms with E-state index in [4.69, 9.17) is 10.3 Å². The summed E-state index contributed by atoms with van der Waals surface area (Å²) in [5, 5.41) is 3.23. The van der Waals surface area contributed by atoms with Crippen LogP contribution in [0, 0.1) is 12.7 Å². The predicted octanol–water partition coefficient (Wildman–Crippen LogP) is 4.76. The summed E-state index contributed by atoms with van der Waals surface area (Å²) in [5.41, 5.74) is 6.23. The van der Waals surface area contributed by atoms with Gasteiger partial charge in [-0.3, -0.25) is 19.9 Å². The van der Waals surface area contributed by atoms with E-state index >= 15 is 0 Å². The molecule has 0 atom stereocenters. The Bertz CT molecular complexity index is 1540. The zero-order chi connectivity index (χ0) is 26.3. The number of fused-ring (bicyclic) bond motifs is 1. The van der Waals surface area contributed by atoms with Gasteiger partial charge in [-0.15, -0.1) is 0 Å². The highest BCUT2D eigenvalue weighted by atomic mass is 19.1. The molecule has 188 valence electrons. The Labute approximate surface area is 212 Å². The average Bonchev–Trinajstić information content (AvgIpc) is 3.67. The number of urea groups is 1. The molecule has 37 heavy (non-hydrogen) atoms. The van der Waals surface area contributed by atoms with Crippen molar-refractivity contribution in [2.75, 3.05) is 7.05 Å². The quantitative estimate of drug-likeness (QED) is 0.207. The molecule has 0 radical (unpaired) electrons. The maximum atomic E-state index is 13.5. The minimum atomic E-state index is -0.641. The molecule has 1 aromatic heterocycles. The summed E-state index contributed by atoms with van der Waals surface area (Å²) >= 11 is 0. The molecule has 4 amide bonds. The minimum Gasteiger partial charge on any atom is -0.455 e. The van der Waals surface area contributed by atoms with Crippen LogP contribution in [-0.4, -0.2) is 35.8 Å². The number of rotatable bonds is 5. The van der Waals surface area contributed by atoms with Gasteiger partial charge in [0.15, 0.2) is 0 Å². The predicted molar refractivity (Wildman–Crippen MR) is 137 cm³/mol. The number of aryl methyl sites for hydroxylation is 1. The standard InChI is InChI=1S/C28H25FN4O4/c1-15-3-4-18(27(35)33(20-10-11-20)28(36)32-30)14-21(15)17-7-12-23-22(13-17)24(26(34)31-2)25(37-23)16-5-8-19(29)9-6-16/h3-9,12-14,20H,10-11,30H2,1-2H3,(H,31,34)(H,32,36). The lowest BCUT2D eigenvalue weighted by molar-refractivity contribution is 0.0790. The Hall–Kier alpha value is -4.50. The lowest BCUT2D eigenvalue weighted by Crippen LogP contribution is -2.47. The minimum absolute atomic E-state index is 0.164. The maximum absolute atomic E-state index is 13.5. The third-order valence-corrected chi connectivity index (χ3v) is 6.52.